The first-order valence-corrected chi connectivity index (χ1v) is 12.8. The fourth-order valence-corrected chi connectivity index (χ4v) is 4.60. The number of nitrogens with zero attached hydrogens (tertiary/aromatic N) is 2. The van der Waals surface area contributed by atoms with Crippen molar-refractivity contribution in [1.82, 2.24) is 15.6 Å². The molecule has 2 atom stereocenters. The standard InChI is InChI=1S/C21H23ClF2N3O2P.C4H7NO/c22-18-6-2-1-4-14(18)5-3-7-19(20(29)26-15-9-21(23,24)10-15)27(13-28)16-8-17(30)12-25-11-16;6-4-2-1-3-5-4/h1-2,4,6,8,11-13,15,19H,3,5,7,9-10,30H2,(H,26,29);1-3H2,(H,5,6). The number of benzene rings is 1. The highest BCUT2D eigenvalue weighted by Crippen LogP contribution is 2.37. The van der Waals surface area contributed by atoms with Crippen molar-refractivity contribution < 1.29 is 23.2 Å². The van der Waals surface area contributed by atoms with E-state index in [0.717, 1.165) is 30.3 Å². The molecule has 4 rings (SSSR count). The van der Waals surface area contributed by atoms with E-state index in [4.69, 9.17) is 11.6 Å². The Morgan fingerprint density at radius 1 is 1.33 bits per heavy atom. The van der Waals surface area contributed by atoms with E-state index < -0.39 is 23.9 Å². The lowest BCUT2D eigenvalue weighted by Gasteiger charge is -2.37. The predicted molar refractivity (Wildman–Crippen MR) is 139 cm³/mol. The number of hydrogen-bond acceptors (Lipinski definition) is 4. The molecule has 2 fully saturated rings. The second-order valence-electron chi connectivity index (χ2n) is 8.91. The summed E-state index contributed by atoms with van der Waals surface area (Å²) in [6.07, 6.45) is 6.24. The Morgan fingerprint density at radius 3 is 2.64 bits per heavy atom. The molecule has 1 aromatic carbocycles. The van der Waals surface area contributed by atoms with Crippen LogP contribution in [0.25, 0.3) is 0 Å². The van der Waals surface area contributed by atoms with Crippen molar-refractivity contribution in [2.45, 2.75) is 63.0 Å². The number of carbonyl (C=O) groups is 3. The number of aryl methyl sites for hydroxylation is 1. The monoisotopic (exact) mass is 538 g/mol. The minimum atomic E-state index is -2.74. The minimum Gasteiger partial charge on any atom is -0.356 e. The summed E-state index contributed by atoms with van der Waals surface area (Å²) in [5.41, 5.74) is 1.41. The maximum atomic E-state index is 13.2. The van der Waals surface area contributed by atoms with Gasteiger partial charge in [0.05, 0.1) is 11.9 Å². The van der Waals surface area contributed by atoms with Gasteiger partial charge in [-0.15, -0.1) is 9.24 Å². The average molecular weight is 539 g/mol. The van der Waals surface area contributed by atoms with Gasteiger partial charge in [0.25, 0.3) is 5.92 Å². The highest BCUT2D eigenvalue weighted by molar-refractivity contribution is 7.27. The maximum Gasteiger partial charge on any atom is 0.252 e. The van der Waals surface area contributed by atoms with Gasteiger partial charge in [0.1, 0.15) is 6.04 Å². The lowest BCUT2D eigenvalue weighted by atomic mass is 9.88. The van der Waals surface area contributed by atoms with Crippen molar-refractivity contribution in [3.63, 3.8) is 0 Å². The smallest absolute Gasteiger partial charge is 0.252 e. The summed E-state index contributed by atoms with van der Waals surface area (Å²) in [6.45, 7) is 0.888. The van der Waals surface area contributed by atoms with E-state index in [2.05, 4.69) is 24.9 Å². The Bertz CT molecular complexity index is 1060. The molecule has 11 heteroatoms. The molecular weight excluding hydrogens is 509 g/mol. The van der Waals surface area contributed by atoms with Crippen LogP contribution in [0.15, 0.2) is 42.7 Å². The average Bonchev–Trinajstić information content (AvgIpc) is 3.30. The first-order valence-electron chi connectivity index (χ1n) is 11.8. The summed E-state index contributed by atoms with van der Waals surface area (Å²) in [7, 11) is 2.49. The van der Waals surface area contributed by atoms with Crippen LogP contribution in [0.5, 0.6) is 0 Å². The number of aromatic nitrogens is 1. The molecular formula is C25H30ClF2N4O3P. The number of nitrogens with one attached hydrogen (secondary N) is 2. The molecule has 2 aliphatic rings. The number of carbonyl (C=O) groups excluding carboxylic acids is 3. The first-order chi connectivity index (χ1) is 17.2. The zero-order chi connectivity index (χ0) is 26.1. The summed E-state index contributed by atoms with van der Waals surface area (Å²) in [6, 6.07) is 7.73. The van der Waals surface area contributed by atoms with Gasteiger partial charge in [-0.2, -0.15) is 0 Å². The van der Waals surface area contributed by atoms with Gasteiger partial charge < -0.3 is 15.5 Å². The van der Waals surface area contributed by atoms with Crippen LogP contribution >= 0.6 is 20.8 Å². The number of amides is 3. The Hall–Kier alpha value is -2.64. The summed E-state index contributed by atoms with van der Waals surface area (Å²) < 4.78 is 26.3. The summed E-state index contributed by atoms with van der Waals surface area (Å²) >= 11 is 6.20. The van der Waals surface area contributed by atoms with Crippen molar-refractivity contribution in [3.8, 4) is 0 Å². The van der Waals surface area contributed by atoms with Crippen LogP contribution in [0, 0.1) is 0 Å². The normalized spacial score (nSPS) is 17.2. The summed E-state index contributed by atoms with van der Waals surface area (Å²) in [4.78, 5) is 40.3. The third kappa shape index (κ3) is 8.20. The number of halogens is 3. The minimum absolute atomic E-state index is 0.204. The van der Waals surface area contributed by atoms with Gasteiger partial charge in [-0.1, -0.05) is 29.8 Å². The Balaban J connectivity index is 0.000000526. The molecule has 3 amide bonds. The molecule has 1 aliphatic carbocycles. The lowest BCUT2D eigenvalue weighted by Crippen LogP contribution is -2.55. The topological polar surface area (TPSA) is 91.4 Å². The molecule has 1 aliphatic heterocycles. The largest absolute Gasteiger partial charge is 0.356 e. The van der Waals surface area contributed by atoms with Gasteiger partial charge in [0.2, 0.25) is 18.2 Å². The molecule has 7 nitrogen and oxygen atoms in total. The van der Waals surface area contributed by atoms with Gasteiger partial charge in [-0.3, -0.25) is 19.4 Å². The number of alkyl halides is 2. The summed E-state index contributed by atoms with van der Waals surface area (Å²) in [5.74, 6) is -2.98. The van der Waals surface area contributed by atoms with E-state index in [1.807, 2.05) is 18.2 Å². The van der Waals surface area contributed by atoms with E-state index in [1.165, 1.54) is 11.1 Å². The van der Waals surface area contributed by atoms with Gasteiger partial charge in [-0.25, -0.2) is 8.78 Å². The van der Waals surface area contributed by atoms with Crippen LogP contribution in [0.3, 0.4) is 0 Å². The second-order valence-corrected chi connectivity index (χ2v) is 9.99. The van der Waals surface area contributed by atoms with Crippen LogP contribution in [0.2, 0.25) is 5.02 Å². The zero-order valence-electron chi connectivity index (χ0n) is 19.8. The van der Waals surface area contributed by atoms with Crippen molar-refractivity contribution in [1.29, 1.82) is 0 Å². The molecule has 2 unspecified atom stereocenters. The van der Waals surface area contributed by atoms with E-state index in [9.17, 15) is 23.2 Å². The number of anilines is 1. The van der Waals surface area contributed by atoms with Gasteiger partial charge >= 0.3 is 0 Å². The highest BCUT2D eigenvalue weighted by Gasteiger charge is 2.46. The molecule has 36 heavy (non-hydrogen) atoms. The fourth-order valence-electron chi connectivity index (χ4n) is 4.11. The van der Waals surface area contributed by atoms with Crippen molar-refractivity contribution in [2.75, 3.05) is 11.4 Å². The Labute approximate surface area is 216 Å². The van der Waals surface area contributed by atoms with Gasteiger partial charge in [0.15, 0.2) is 0 Å². The maximum absolute atomic E-state index is 13.2. The Kier molecular flexibility index (Phi) is 10.1. The first kappa shape index (κ1) is 27.9. The van der Waals surface area contributed by atoms with Crippen LogP contribution in [0.1, 0.15) is 44.1 Å². The molecule has 0 radical (unpaired) electrons. The van der Waals surface area contributed by atoms with Crippen LogP contribution < -0.4 is 20.8 Å². The molecule has 0 bridgehead atoms. The van der Waals surface area contributed by atoms with E-state index in [-0.39, 0.29) is 18.7 Å². The molecule has 194 valence electrons. The van der Waals surface area contributed by atoms with E-state index >= 15 is 0 Å². The molecule has 2 aromatic rings. The molecule has 1 saturated carbocycles. The van der Waals surface area contributed by atoms with E-state index in [0.29, 0.717) is 36.4 Å². The molecule has 2 heterocycles. The van der Waals surface area contributed by atoms with Gasteiger partial charge in [0, 0.05) is 43.1 Å². The number of hydrogen-bond donors (Lipinski definition) is 2. The number of rotatable bonds is 9. The van der Waals surface area contributed by atoms with Crippen molar-refractivity contribution in [3.05, 3.63) is 53.3 Å². The third-order valence-corrected chi connectivity index (χ3v) is 6.70. The van der Waals surface area contributed by atoms with Crippen molar-refractivity contribution in [2.24, 2.45) is 0 Å². The molecule has 1 saturated heterocycles. The van der Waals surface area contributed by atoms with Crippen LogP contribution in [-0.2, 0) is 20.8 Å². The van der Waals surface area contributed by atoms with E-state index in [1.54, 1.807) is 18.3 Å². The SMILES string of the molecule is O=C1CCCN1.O=CN(c1cncc(P)c1)C(CCCc1ccccc1Cl)C(=O)NC1CC(F)(F)C1. The number of pyridine rings is 1. The lowest BCUT2D eigenvalue weighted by molar-refractivity contribution is -0.131. The molecule has 2 N–H and O–H groups in total. The van der Waals surface area contributed by atoms with Crippen molar-refractivity contribution >= 4 is 50.1 Å². The second kappa shape index (κ2) is 13.1. The van der Waals surface area contributed by atoms with Crippen LogP contribution in [-0.4, -0.2) is 47.8 Å². The molecule has 1 aromatic heterocycles. The zero-order valence-corrected chi connectivity index (χ0v) is 21.7. The fraction of sp³-hybridized carbons (Fsp3) is 0.440. The van der Waals surface area contributed by atoms with Crippen LogP contribution in [0.4, 0.5) is 14.5 Å². The van der Waals surface area contributed by atoms with Gasteiger partial charge in [-0.05, 0) is 48.7 Å². The highest BCUT2D eigenvalue weighted by atomic mass is 35.5. The molecule has 0 spiro atoms. The quantitative estimate of drug-likeness (QED) is 0.378. The third-order valence-electron chi connectivity index (χ3n) is 6.02. The predicted octanol–water partition coefficient (Wildman–Crippen LogP) is 3.40. The summed E-state index contributed by atoms with van der Waals surface area (Å²) in [5, 5.41) is 6.74. The Morgan fingerprint density at radius 2 is 2.08 bits per heavy atom.